The number of anilines is 1. The summed E-state index contributed by atoms with van der Waals surface area (Å²) in [5, 5.41) is 0. The number of rotatable bonds is 3. The monoisotopic (exact) mass is 164 g/mol. The molecule has 0 bridgehead atoms. The molecular formula is C10H16N2. The van der Waals surface area contributed by atoms with Crippen LogP contribution in [0.2, 0.25) is 0 Å². The van der Waals surface area contributed by atoms with Crippen molar-refractivity contribution in [1.82, 2.24) is 0 Å². The second kappa shape index (κ2) is 4.12. The Kier molecular flexibility index (Phi) is 3.11. The number of hydrogen-bond acceptors (Lipinski definition) is 2. The fourth-order valence-electron chi connectivity index (χ4n) is 1.13. The van der Waals surface area contributed by atoms with Crippen molar-refractivity contribution in [3.05, 3.63) is 30.3 Å². The number of nitrogens with zero attached hydrogens (tertiary/aromatic N) is 1. The Morgan fingerprint density at radius 2 is 1.92 bits per heavy atom. The first kappa shape index (κ1) is 9.07. The van der Waals surface area contributed by atoms with Crippen molar-refractivity contribution in [2.75, 3.05) is 11.9 Å². The minimum Gasteiger partial charge on any atom is -0.359 e. The molecule has 0 aliphatic heterocycles. The van der Waals surface area contributed by atoms with Crippen LogP contribution in [0.4, 0.5) is 5.69 Å². The maximum atomic E-state index is 5.87. The minimum atomic E-state index is 0.118. The van der Waals surface area contributed by atoms with Crippen LogP contribution in [0.15, 0.2) is 30.3 Å². The summed E-state index contributed by atoms with van der Waals surface area (Å²) in [6.45, 7) is 2.09. The van der Waals surface area contributed by atoms with Gasteiger partial charge in [-0.05, 0) is 18.6 Å². The molecule has 1 rings (SSSR count). The average molecular weight is 164 g/mol. The highest BCUT2D eigenvalue weighted by molar-refractivity contribution is 5.45. The normalized spacial score (nSPS) is 12.6. The van der Waals surface area contributed by atoms with Crippen LogP contribution in [-0.2, 0) is 0 Å². The van der Waals surface area contributed by atoms with Crippen LogP contribution in [0, 0.1) is 0 Å². The van der Waals surface area contributed by atoms with Crippen molar-refractivity contribution in [1.29, 1.82) is 0 Å². The van der Waals surface area contributed by atoms with Crippen LogP contribution in [0.1, 0.15) is 13.3 Å². The predicted octanol–water partition coefficient (Wildman–Crippen LogP) is 1.82. The summed E-state index contributed by atoms with van der Waals surface area (Å²) in [4.78, 5) is 2.08. The van der Waals surface area contributed by atoms with E-state index in [4.69, 9.17) is 5.73 Å². The van der Waals surface area contributed by atoms with Crippen LogP contribution < -0.4 is 10.6 Å². The van der Waals surface area contributed by atoms with E-state index in [1.807, 2.05) is 25.2 Å². The summed E-state index contributed by atoms with van der Waals surface area (Å²) < 4.78 is 0. The standard InChI is InChI=1S/C10H16N2/c1-3-10(11)12(2)9-7-5-4-6-8-9/h4-8,10H,3,11H2,1-2H3. The van der Waals surface area contributed by atoms with Crippen molar-refractivity contribution < 1.29 is 0 Å². The number of hydrogen-bond donors (Lipinski definition) is 1. The molecule has 0 heterocycles. The lowest BCUT2D eigenvalue weighted by Gasteiger charge is -2.25. The summed E-state index contributed by atoms with van der Waals surface area (Å²) in [5.74, 6) is 0. The summed E-state index contributed by atoms with van der Waals surface area (Å²) in [6, 6.07) is 10.2. The molecule has 0 fully saturated rings. The summed E-state index contributed by atoms with van der Waals surface area (Å²) in [5.41, 5.74) is 7.05. The van der Waals surface area contributed by atoms with E-state index < -0.39 is 0 Å². The second-order valence-electron chi connectivity index (χ2n) is 2.92. The molecule has 0 aromatic heterocycles. The predicted molar refractivity (Wildman–Crippen MR) is 53.1 cm³/mol. The minimum absolute atomic E-state index is 0.118. The number of benzene rings is 1. The quantitative estimate of drug-likeness (QED) is 0.690. The molecule has 0 saturated carbocycles. The molecule has 1 aromatic rings. The van der Waals surface area contributed by atoms with Gasteiger partial charge in [0.05, 0.1) is 6.17 Å². The fourth-order valence-corrected chi connectivity index (χ4v) is 1.13. The van der Waals surface area contributed by atoms with E-state index >= 15 is 0 Å². The van der Waals surface area contributed by atoms with Gasteiger partial charge in [-0.3, -0.25) is 0 Å². The summed E-state index contributed by atoms with van der Waals surface area (Å²) in [7, 11) is 2.02. The maximum absolute atomic E-state index is 5.87. The van der Waals surface area contributed by atoms with E-state index in [0.29, 0.717) is 0 Å². The van der Waals surface area contributed by atoms with Gasteiger partial charge in [0.25, 0.3) is 0 Å². The molecule has 1 atom stereocenters. The second-order valence-corrected chi connectivity index (χ2v) is 2.92. The molecule has 0 radical (unpaired) electrons. The molecule has 2 nitrogen and oxygen atoms in total. The van der Waals surface area contributed by atoms with E-state index in [0.717, 1.165) is 6.42 Å². The molecule has 0 amide bonds. The fraction of sp³-hybridized carbons (Fsp3) is 0.400. The molecule has 2 N–H and O–H groups in total. The van der Waals surface area contributed by atoms with Gasteiger partial charge in [0, 0.05) is 12.7 Å². The van der Waals surface area contributed by atoms with Crippen LogP contribution in [-0.4, -0.2) is 13.2 Å². The van der Waals surface area contributed by atoms with E-state index in [-0.39, 0.29) is 6.17 Å². The van der Waals surface area contributed by atoms with Crippen LogP contribution in [0.3, 0.4) is 0 Å². The molecule has 2 heteroatoms. The van der Waals surface area contributed by atoms with Crippen LogP contribution >= 0.6 is 0 Å². The zero-order valence-electron chi connectivity index (χ0n) is 7.70. The van der Waals surface area contributed by atoms with Crippen LogP contribution in [0.5, 0.6) is 0 Å². The van der Waals surface area contributed by atoms with Gasteiger partial charge >= 0.3 is 0 Å². The molecule has 1 unspecified atom stereocenters. The third-order valence-electron chi connectivity index (χ3n) is 2.08. The van der Waals surface area contributed by atoms with Gasteiger partial charge < -0.3 is 10.6 Å². The van der Waals surface area contributed by atoms with Gasteiger partial charge in [-0.1, -0.05) is 25.1 Å². The lowest BCUT2D eigenvalue weighted by molar-refractivity contribution is 0.635. The zero-order valence-corrected chi connectivity index (χ0v) is 7.70. The third kappa shape index (κ3) is 1.98. The molecule has 12 heavy (non-hydrogen) atoms. The van der Waals surface area contributed by atoms with Gasteiger partial charge in [0.2, 0.25) is 0 Å². The summed E-state index contributed by atoms with van der Waals surface area (Å²) >= 11 is 0. The Bertz CT molecular complexity index is 221. The molecule has 1 aromatic carbocycles. The van der Waals surface area contributed by atoms with Gasteiger partial charge in [-0.2, -0.15) is 0 Å². The highest BCUT2D eigenvalue weighted by Gasteiger charge is 2.06. The molecule has 0 saturated heterocycles. The first-order chi connectivity index (χ1) is 5.75. The Morgan fingerprint density at radius 3 is 2.42 bits per heavy atom. The van der Waals surface area contributed by atoms with E-state index in [9.17, 15) is 0 Å². The molecular weight excluding hydrogens is 148 g/mol. The van der Waals surface area contributed by atoms with Gasteiger partial charge in [0.1, 0.15) is 0 Å². The molecule has 0 aliphatic carbocycles. The maximum Gasteiger partial charge on any atom is 0.0764 e. The van der Waals surface area contributed by atoms with Crippen molar-refractivity contribution in [3.63, 3.8) is 0 Å². The third-order valence-corrected chi connectivity index (χ3v) is 2.08. The van der Waals surface area contributed by atoms with Crippen molar-refractivity contribution in [3.8, 4) is 0 Å². The Balaban J connectivity index is 2.71. The van der Waals surface area contributed by atoms with Gasteiger partial charge in [-0.25, -0.2) is 0 Å². The topological polar surface area (TPSA) is 29.3 Å². The Hall–Kier alpha value is -1.02. The Labute approximate surface area is 74.0 Å². The highest BCUT2D eigenvalue weighted by atomic mass is 15.2. The van der Waals surface area contributed by atoms with Gasteiger partial charge in [0.15, 0.2) is 0 Å². The first-order valence-corrected chi connectivity index (χ1v) is 4.29. The first-order valence-electron chi connectivity index (χ1n) is 4.29. The van der Waals surface area contributed by atoms with Crippen molar-refractivity contribution in [2.45, 2.75) is 19.5 Å². The molecule has 0 spiro atoms. The highest BCUT2D eigenvalue weighted by Crippen LogP contribution is 2.12. The lowest BCUT2D eigenvalue weighted by atomic mass is 10.2. The summed E-state index contributed by atoms with van der Waals surface area (Å²) in [6.07, 6.45) is 1.08. The molecule has 0 aliphatic rings. The van der Waals surface area contributed by atoms with E-state index in [1.165, 1.54) is 5.69 Å². The zero-order chi connectivity index (χ0) is 8.97. The van der Waals surface area contributed by atoms with E-state index in [2.05, 4.69) is 24.0 Å². The molecule has 66 valence electrons. The lowest BCUT2D eigenvalue weighted by Crippen LogP contribution is -2.38. The van der Waals surface area contributed by atoms with Crippen molar-refractivity contribution >= 4 is 5.69 Å². The SMILES string of the molecule is CCC(N)N(C)c1ccccc1. The largest absolute Gasteiger partial charge is 0.359 e. The average Bonchev–Trinajstić information content (AvgIpc) is 2.17. The smallest absolute Gasteiger partial charge is 0.0764 e. The van der Waals surface area contributed by atoms with E-state index in [1.54, 1.807) is 0 Å². The number of para-hydroxylation sites is 1. The van der Waals surface area contributed by atoms with Crippen LogP contribution in [0.25, 0.3) is 0 Å². The number of nitrogens with two attached hydrogens (primary N) is 1. The van der Waals surface area contributed by atoms with Crippen molar-refractivity contribution in [2.24, 2.45) is 5.73 Å². The Morgan fingerprint density at radius 1 is 1.33 bits per heavy atom. The van der Waals surface area contributed by atoms with Gasteiger partial charge in [-0.15, -0.1) is 0 Å².